The maximum absolute atomic E-state index is 11.8. The molecule has 3 rings (SSSR count). The normalized spacial score (nSPS) is 22.5. The van der Waals surface area contributed by atoms with Crippen molar-refractivity contribution in [3.63, 3.8) is 0 Å². The molecule has 0 aliphatic carbocycles. The van der Waals surface area contributed by atoms with Gasteiger partial charge in [-0.1, -0.05) is 11.6 Å². The van der Waals surface area contributed by atoms with Crippen molar-refractivity contribution >= 4 is 41.3 Å². The van der Waals surface area contributed by atoms with Crippen LogP contribution in [0, 0.1) is 0 Å². The number of halogens is 1. The first-order chi connectivity index (χ1) is 15.2. The molecule has 0 unspecified atom stereocenters. The van der Waals surface area contributed by atoms with Crippen LogP contribution in [0.5, 0.6) is 5.75 Å². The lowest BCUT2D eigenvalue weighted by molar-refractivity contribution is -0.186. The number of esters is 3. The highest BCUT2D eigenvalue weighted by atomic mass is 35.5. The van der Waals surface area contributed by atoms with Gasteiger partial charge in [0.2, 0.25) is 0 Å². The second-order valence-corrected chi connectivity index (χ2v) is 8.41. The Morgan fingerprint density at radius 3 is 2.25 bits per heavy atom. The molecule has 0 spiro atoms. The van der Waals surface area contributed by atoms with E-state index < -0.39 is 41.7 Å². The van der Waals surface area contributed by atoms with Crippen LogP contribution >= 0.6 is 23.4 Å². The van der Waals surface area contributed by atoms with Gasteiger partial charge in [0.1, 0.15) is 10.9 Å². The quantitative estimate of drug-likeness (QED) is 0.347. The highest BCUT2D eigenvalue weighted by Crippen LogP contribution is 2.35. The molecule has 1 aliphatic rings. The van der Waals surface area contributed by atoms with Crippen LogP contribution in [-0.4, -0.2) is 57.4 Å². The molecule has 32 heavy (non-hydrogen) atoms. The lowest BCUT2D eigenvalue weighted by Gasteiger charge is -2.39. The van der Waals surface area contributed by atoms with Crippen molar-refractivity contribution in [2.75, 3.05) is 5.75 Å². The first kappa shape index (κ1) is 23.8. The zero-order chi connectivity index (χ0) is 23.3. The van der Waals surface area contributed by atoms with Crippen LogP contribution in [0.2, 0.25) is 5.15 Å². The van der Waals surface area contributed by atoms with Crippen molar-refractivity contribution in [2.24, 2.45) is 0 Å². The van der Waals surface area contributed by atoms with Crippen LogP contribution in [0.1, 0.15) is 20.8 Å². The number of ether oxygens (including phenoxy) is 4. The van der Waals surface area contributed by atoms with Crippen LogP contribution in [-0.2, 0) is 28.6 Å². The Balaban J connectivity index is 1.86. The molecule has 9 nitrogen and oxygen atoms in total. The van der Waals surface area contributed by atoms with Crippen molar-refractivity contribution in [3.8, 4) is 16.9 Å². The fourth-order valence-corrected chi connectivity index (χ4v) is 4.46. The highest BCUT2D eigenvalue weighted by molar-refractivity contribution is 7.99. The predicted molar refractivity (Wildman–Crippen MR) is 116 cm³/mol. The monoisotopic (exact) mass is 480 g/mol. The molecular weight excluding hydrogens is 460 g/mol. The summed E-state index contributed by atoms with van der Waals surface area (Å²) in [6, 6.07) is 5.22. The lowest BCUT2D eigenvalue weighted by atomic mass is 10.1. The first-order valence-electron chi connectivity index (χ1n) is 9.60. The number of nitrogens with zero attached hydrogens (tertiary/aromatic N) is 2. The Labute approximate surface area is 193 Å². The van der Waals surface area contributed by atoms with Gasteiger partial charge in [-0.2, -0.15) is 0 Å². The van der Waals surface area contributed by atoms with Crippen LogP contribution < -0.4 is 4.74 Å². The van der Waals surface area contributed by atoms with E-state index in [1.165, 1.54) is 38.7 Å². The van der Waals surface area contributed by atoms with E-state index in [4.69, 9.17) is 30.5 Å². The van der Waals surface area contributed by atoms with Crippen LogP contribution in [0.25, 0.3) is 11.1 Å². The molecule has 3 heterocycles. The summed E-state index contributed by atoms with van der Waals surface area (Å²) in [6.07, 6.45) is 1.93. The molecule has 170 valence electrons. The van der Waals surface area contributed by atoms with Crippen molar-refractivity contribution in [1.29, 1.82) is 0 Å². The summed E-state index contributed by atoms with van der Waals surface area (Å²) in [5.41, 5.74) is 0.786. The summed E-state index contributed by atoms with van der Waals surface area (Å²) in [5.74, 6) is -1.06. The van der Waals surface area contributed by atoms with Gasteiger partial charge < -0.3 is 18.9 Å². The number of hydrogen-bond acceptors (Lipinski definition) is 10. The Hall–Kier alpha value is -2.85. The smallest absolute Gasteiger partial charge is 0.303 e. The molecule has 1 aliphatic heterocycles. The summed E-state index contributed by atoms with van der Waals surface area (Å²) in [4.78, 5) is 43.2. The zero-order valence-corrected chi connectivity index (χ0v) is 19.1. The molecule has 2 aromatic rings. The van der Waals surface area contributed by atoms with Gasteiger partial charge in [0.25, 0.3) is 0 Å². The molecule has 0 amide bonds. The molecule has 0 N–H and O–H groups in total. The summed E-state index contributed by atoms with van der Waals surface area (Å²) in [5, 5.41) is 0.371. The molecule has 4 atom stereocenters. The van der Waals surface area contributed by atoms with Gasteiger partial charge in [-0.3, -0.25) is 19.4 Å². The van der Waals surface area contributed by atoms with Gasteiger partial charge in [-0.15, -0.1) is 11.8 Å². The van der Waals surface area contributed by atoms with E-state index in [1.54, 1.807) is 30.6 Å². The molecule has 0 aromatic carbocycles. The number of aromatic nitrogens is 2. The Morgan fingerprint density at radius 1 is 0.938 bits per heavy atom. The van der Waals surface area contributed by atoms with Crippen molar-refractivity contribution in [1.82, 2.24) is 9.97 Å². The third-order valence-electron chi connectivity index (χ3n) is 4.33. The Kier molecular flexibility index (Phi) is 7.92. The third kappa shape index (κ3) is 6.33. The number of carbonyl (C=O) groups is 3. The minimum absolute atomic E-state index is 0.272. The second-order valence-electron chi connectivity index (χ2n) is 6.89. The van der Waals surface area contributed by atoms with Gasteiger partial charge in [-0.25, -0.2) is 4.98 Å². The third-order valence-corrected chi connectivity index (χ3v) is 5.77. The highest BCUT2D eigenvalue weighted by Gasteiger charge is 2.47. The van der Waals surface area contributed by atoms with Crippen molar-refractivity contribution in [2.45, 2.75) is 44.5 Å². The van der Waals surface area contributed by atoms with E-state index in [-0.39, 0.29) is 5.75 Å². The molecule has 0 radical (unpaired) electrons. The van der Waals surface area contributed by atoms with Crippen LogP contribution in [0.15, 0.2) is 36.8 Å². The largest absolute Gasteiger partial charge is 0.474 e. The van der Waals surface area contributed by atoms with E-state index in [0.717, 1.165) is 11.1 Å². The fourth-order valence-electron chi connectivity index (χ4n) is 3.13. The van der Waals surface area contributed by atoms with E-state index in [1.807, 2.05) is 0 Å². The Morgan fingerprint density at radius 2 is 1.62 bits per heavy atom. The summed E-state index contributed by atoms with van der Waals surface area (Å²) in [7, 11) is 0. The SMILES string of the molecule is CC(=O)O[C@@H]1[C@@H](OC(C)=O)[C@@H](Oc2cncc(-c3ccc(Cl)nc3)c2)SC[C@H]1OC(C)=O. The number of thioether (sulfide) groups is 1. The zero-order valence-electron chi connectivity index (χ0n) is 17.5. The summed E-state index contributed by atoms with van der Waals surface area (Å²) < 4.78 is 22.2. The van der Waals surface area contributed by atoms with Crippen LogP contribution in [0.3, 0.4) is 0 Å². The van der Waals surface area contributed by atoms with E-state index in [9.17, 15) is 14.4 Å². The topological polar surface area (TPSA) is 114 Å². The van der Waals surface area contributed by atoms with Crippen molar-refractivity contribution < 1.29 is 33.3 Å². The lowest BCUT2D eigenvalue weighted by Crippen LogP contribution is -2.55. The molecule has 0 saturated carbocycles. The van der Waals surface area contributed by atoms with Gasteiger partial charge in [0, 0.05) is 50.0 Å². The average Bonchev–Trinajstić information content (AvgIpc) is 2.72. The van der Waals surface area contributed by atoms with Gasteiger partial charge in [0.15, 0.2) is 23.7 Å². The second kappa shape index (κ2) is 10.6. The number of rotatable bonds is 6. The molecule has 1 fully saturated rings. The minimum Gasteiger partial charge on any atom is -0.474 e. The molecule has 2 aromatic heterocycles. The van der Waals surface area contributed by atoms with Crippen molar-refractivity contribution in [3.05, 3.63) is 41.9 Å². The van der Waals surface area contributed by atoms with Gasteiger partial charge in [0.05, 0.1) is 6.20 Å². The molecular formula is C21H21ClN2O7S. The van der Waals surface area contributed by atoms with Gasteiger partial charge >= 0.3 is 17.9 Å². The summed E-state index contributed by atoms with van der Waals surface area (Å²) in [6.45, 7) is 3.71. The molecule has 1 saturated heterocycles. The minimum atomic E-state index is -1.02. The molecule has 11 heteroatoms. The van der Waals surface area contributed by atoms with Crippen LogP contribution in [0.4, 0.5) is 0 Å². The standard InChI is InChI=1S/C21H21ClN2O7S/c1-11(25)28-17-10-32-21(20(30-13(3)27)19(17)29-12(2)26)31-16-6-15(7-23-9-16)14-4-5-18(22)24-8-14/h4-9,17,19-21H,10H2,1-3H3/t17-,19+,20-,21+/m1/s1. The van der Waals surface area contributed by atoms with E-state index in [0.29, 0.717) is 10.9 Å². The fraction of sp³-hybridized carbons (Fsp3) is 0.381. The Bertz CT molecular complexity index is 988. The first-order valence-corrected chi connectivity index (χ1v) is 11.0. The van der Waals surface area contributed by atoms with E-state index in [2.05, 4.69) is 9.97 Å². The number of hydrogen-bond donors (Lipinski definition) is 0. The predicted octanol–water partition coefficient (Wildman–Crippen LogP) is 3.04. The molecule has 0 bridgehead atoms. The number of pyridine rings is 2. The maximum atomic E-state index is 11.8. The van der Waals surface area contributed by atoms with E-state index >= 15 is 0 Å². The van der Waals surface area contributed by atoms with Gasteiger partial charge in [-0.05, 0) is 18.2 Å². The summed E-state index contributed by atoms with van der Waals surface area (Å²) >= 11 is 7.11. The number of carbonyl (C=O) groups excluding carboxylic acids is 3. The average molecular weight is 481 g/mol. The maximum Gasteiger partial charge on any atom is 0.303 e.